The van der Waals surface area contributed by atoms with Crippen molar-refractivity contribution < 1.29 is 0 Å². The third-order valence-corrected chi connectivity index (χ3v) is 5.33. The summed E-state index contributed by atoms with van der Waals surface area (Å²) in [6, 6.07) is 19.3. The number of benzene rings is 2. The smallest absolute Gasteiger partial charge is 0.0998 e. The normalized spacial score (nSPS) is 19.2. The van der Waals surface area contributed by atoms with Gasteiger partial charge in [0, 0.05) is 17.3 Å². The summed E-state index contributed by atoms with van der Waals surface area (Å²) in [5, 5.41) is 9.59. The van der Waals surface area contributed by atoms with Crippen LogP contribution in [0.3, 0.4) is 0 Å². The second-order valence-electron chi connectivity index (χ2n) is 8.24. The molecule has 0 radical (unpaired) electrons. The Balaban J connectivity index is 2.05. The Labute approximate surface area is 157 Å². The number of nitriles is 1. The van der Waals surface area contributed by atoms with E-state index in [4.69, 9.17) is 0 Å². The lowest BCUT2D eigenvalue weighted by Gasteiger charge is -2.50. The molecule has 0 amide bonds. The maximum atomic E-state index is 9.59. The fourth-order valence-corrected chi connectivity index (χ4v) is 4.50. The van der Waals surface area contributed by atoms with E-state index in [9.17, 15) is 5.26 Å². The molecule has 1 atom stereocenters. The van der Waals surface area contributed by atoms with Crippen LogP contribution in [0.15, 0.2) is 48.5 Å². The van der Waals surface area contributed by atoms with Gasteiger partial charge in [0.05, 0.1) is 11.6 Å². The minimum Gasteiger partial charge on any atom is -0.364 e. The monoisotopic (exact) mass is 344 g/mol. The molecule has 0 aromatic heterocycles. The van der Waals surface area contributed by atoms with Crippen molar-refractivity contribution in [2.75, 3.05) is 4.90 Å². The third kappa shape index (κ3) is 3.40. The van der Waals surface area contributed by atoms with Crippen molar-refractivity contribution in [3.63, 3.8) is 0 Å². The van der Waals surface area contributed by atoms with Crippen LogP contribution in [0.1, 0.15) is 63.6 Å². The lowest BCUT2D eigenvalue weighted by atomic mass is 9.78. The molecule has 2 aromatic rings. The summed E-state index contributed by atoms with van der Waals surface area (Å²) < 4.78 is 0. The average molecular weight is 345 g/mol. The number of hydrogen-bond donors (Lipinski definition) is 0. The fourth-order valence-electron chi connectivity index (χ4n) is 4.50. The van der Waals surface area contributed by atoms with Crippen LogP contribution in [0, 0.1) is 11.3 Å². The SMILES string of the molecule is CC1CC(C)(C)N(C(C)C)c2ccc(/C=C(\C#N)c3ccccc3)cc21. The first kappa shape index (κ1) is 18.3. The zero-order valence-electron chi connectivity index (χ0n) is 16.5. The standard InChI is InChI=1S/C24H28N2/c1-17(2)26-23-12-11-19(14-22(23)18(3)15-24(26,4)5)13-21(16-25)20-9-7-6-8-10-20/h6-14,17-18H,15H2,1-5H3/b21-13+. The topological polar surface area (TPSA) is 27.0 Å². The van der Waals surface area contributed by atoms with E-state index in [2.05, 4.69) is 63.8 Å². The summed E-state index contributed by atoms with van der Waals surface area (Å²) >= 11 is 0. The zero-order chi connectivity index (χ0) is 18.9. The van der Waals surface area contributed by atoms with Crippen molar-refractivity contribution in [3.05, 3.63) is 65.2 Å². The molecule has 0 N–H and O–H groups in total. The summed E-state index contributed by atoms with van der Waals surface area (Å²) in [4.78, 5) is 2.54. The molecule has 1 aliphatic heterocycles. The number of rotatable bonds is 3. The summed E-state index contributed by atoms with van der Waals surface area (Å²) in [6.07, 6.45) is 3.14. The minimum atomic E-state index is 0.153. The van der Waals surface area contributed by atoms with Crippen molar-refractivity contribution in [2.24, 2.45) is 0 Å². The molecule has 1 aliphatic rings. The number of allylic oxidation sites excluding steroid dienone is 1. The summed E-state index contributed by atoms with van der Waals surface area (Å²) in [5.41, 5.74) is 5.64. The van der Waals surface area contributed by atoms with Crippen LogP contribution in [0.25, 0.3) is 11.6 Å². The summed E-state index contributed by atoms with van der Waals surface area (Å²) in [7, 11) is 0. The van der Waals surface area contributed by atoms with Gasteiger partial charge < -0.3 is 4.90 Å². The molecule has 1 heterocycles. The van der Waals surface area contributed by atoms with E-state index in [0.717, 1.165) is 17.5 Å². The van der Waals surface area contributed by atoms with Crippen molar-refractivity contribution >= 4 is 17.3 Å². The van der Waals surface area contributed by atoms with Gasteiger partial charge in [0.1, 0.15) is 0 Å². The summed E-state index contributed by atoms with van der Waals surface area (Å²) in [5.74, 6) is 0.505. The predicted octanol–water partition coefficient (Wildman–Crippen LogP) is 6.25. The van der Waals surface area contributed by atoms with E-state index in [-0.39, 0.29) is 5.54 Å². The molecule has 1 unspecified atom stereocenters. The minimum absolute atomic E-state index is 0.153. The molecule has 3 rings (SSSR count). The Morgan fingerprint density at radius 3 is 2.50 bits per heavy atom. The Kier molecular flexibility index (Phi) is 4.92. The Morgan fingerprint density at radius 2 is 1.88 bits per heavy atom. The number of fused-ring (bicyclic) bond motifs is 1. The van der Waals surface area contributed by atoms with Crippen molar-refractivity contribution in [2.45, 2.75) is 58.5 Å². The first-order valence-electron chi connectivity index (χ1n) is 9.44. The molecular weight excluding hydrogens is 316 g/mol. The van der Waals surface area contributed by atoms with Gasteiger partial charge in [0.25, 0.3) is 0 Å². The van der Waals surface area contributed by atoms with E-state index in [0.29, 0.717) is 17.5 Å². The predicted molar refractivity (Wildman–Crippen MR) is 111 cm³/mol. The molecule has 2 aromatic carbocycles. The van der Waals surface area contributed by atoms with Gasteiger partial charge in [-0.05, 0) is 74.9 Å². The molecule has 0 bridgehead atoms. The van der Waals surface area contributed by atoms with Gasteiger partial charge in [-0.2, -0.15) is 5.26 Å². The average Bonchev–Trinajstić information content (AvgIpc) is 2.59. The number of hydrogen-bond acceptors (Lipinski definition) is 2. The highest BCUT2D eigenvalue weighted by molar-refractivity contribution is 5.90. The Bertz CT molecular complexity index is 854. The lowest BCUT2D eigenvalue weighted by Crippen LogP contribution is -2.51. The van der Waals surface area contributed by atoms with Crippen LogP contribution < -0.4 is 4.90 Å². The molecular formula is C24H28N2. The maximum Gasteiger partial charge on any atom is 0.0998 e. The highest BCUT2D eigenvalue weighted by atomic mass is 15.2. The third-order valence-electron chi connectivity index (χ3n) is 5.33. The van der Waals surface area contributed by atoms with Gasteiger partial charge in [0.2, 0.25) is 0 Å². The van der Waals surface area contributed by atoms with E-state index < -0.39 is 0 Å². The van der Waals surface area contributed by atoms with E-state index >= 15 is 0 Å². The van der Waals surface area contributed by atoms with Crippen LogP contribution in [0.5, 0.6) is 0 Å². The second-order valence-corrected chi connectivity index (χ2v) is 8.24. The second kappa shape index (κ2) is 7.00. The fraction of sp³-hybridized carbons (Fsp3) is 0.375. The van der Waals surface area contributed by atoms with Gasteiger partial charge in [-0.3, -0.25) is 0 Å². The molecule has 134 valence electrons. The van der Waals surface area contributed by atoms with Crippen LogP contribution in [0.4, 0.5) is 5.69 Å². The molecule has 0 spiro atoms. The van der Waals surface area contributed by atoms with Gasteiger partial charge in [-0.1, -0.05) is 43.3 Å². The zero-order valence-corrected chi connectivity index (χ0v) is 16.5. The first-order valence-corrected chi connectivity index (χ1v) is 9.44. The van der Waals surface area contributed by atoms with Crippen LogP contribution in [0.2, 0.25) is 0 Å². The molecule has 0 saturated carbocycles. The molecule has 0 fully saturated rings. The Morgan fingerprint density at radius 1 is 1.19 bits per heavy atom. The van der Waals surface area contributed by atoms with Gasteiger partial charge in [-0.25, -0.2) is 0 Å². The largest absolute Gasteiger partial charge is 0.364 e. The molecule has 26 heavy (non-hydrogen) atoms. The van der Waals surface area contributed by atoms with Crippen molar-refractivity contribution in [3.8, 4) is 6.07 Å². The van der Waals surface area contributed by atoms with Crippen LogP contribution in [-0.2, 0) is 0 Å². The van der Waals surface area contributed by atoms with E-state index in [1.54, 1.807) is 0 Å². The van der Waals surface area contributed by atoms with Gasteiger partial charge >= 0.3 is 0 Å². The molecule has 0 aliphatic carbocycles. The Hall–Kier alpha value is -2.53. The number of anilines is 1. The van der Waals surface area contributed by atoms with Crippen LogP contribution in [-0.4, -0.2) is 11.6 Å². The molecule has 0 saturated heterocycles. The summed E-state index contributed by atoms with van der Waals surface area (Å²) in [6.45, 7) is 11.5. The molecule has 2 heteroatoms. The quantitative estimate of drug-likeness (QED) is 0.486. The van der Waals surface area contributed by atoms with E-state index in [1.807, 2.05) is 36.4 Å². The van der Waals surface area contributed by atoms with Gasteiger partial charge in [-0.15, -0.1) is 0 Å². The van der Waals surface area contributed by atoms with Crippen molar-refractivity contribution in [1.29, 1.82) is 5.26 Å². The highest BCUT2D eigenvalue weighted by Crippen LogP contribution is 2.44. The lowest BCUT2D eigenvalue weighted by molar-refractivity contribution is 0.356. The number of nitrogens with zero attached hydrogens (tertiary/aromatic N) is 2. The highest BCUT2D eigenvalue weighted by Gasteiger charge is 2.37. The maximum absolute atomic E-state index is 9.59. The van der Waals surface area contributed by atoms with E-state index in [1.165, 1.54) is 11.3 Å². The molecule has 2 nitrogen and oxygen atoms in total. The first-order chi connectivity index (χ1) is 12.3. The van der Waals surface area contributed by atoms with Crippen molar-refractivity contribution in [1.82, 2.24) is 0 Å². The van der Waals surface area contributed by atoms with Gasteiger partial charge in [0.15, 0.2) is 0 Å². The van der Waals surface area contributed by atoms with Crippen LogP contribution >= 0.6 is 0 Å².